The topological polar surface area (TPSA) is 134 Å². The van der Waals surface area contributed by atoms with Crippen LogP contribution < -0.4 is 5.73 Å². The summed E-state index contributed by atoms with van der Waals surface area (Å²) in [5.41, 5.74) is 5.37. The van der Waals surface area contributed by atoms with E-state index in [0.29, 0.717) is 6.42 Å². The first-order valence-electron chi connectivity index (χ1n) is 27.7. The lowest BCUT2D eigenvalue weighted by Gasteiger charge is -2.19. The molecule has 0 saturated carbocycles. The van der Waals surface area contributed by atoms with Gasteiger partial charge in [0.25, 0.3) is 0 Å². The Labute approximate surface area is 434 Å². The van der Waals surface area contributed by atoms with Crippen LogP contribution in [0, 0.1) is 0 Å². The zero-order valence-electron chi connectivity index (χ0n) is 44.7. The number of nitrogens with two attached hydrogens (primary N) is 1. The number of allylic oxidation sites excluding steroid dienone is 22. The quantitative estimate of drug-likeness (QED) is 0.0264. The van der Waals surface area contributed by atoms with Crippen molar-refractivity contribution in [2.75, 3.05) is 26.4 Å². The fourth-order valence-corrected chi connectivity index (χ4v) is 7.72. The summed E-state index contributed by atoms with van der Waals surface area (Å²) in [7, 11) is -4.41. The van der Waals surface area contributed by atoms with Gasteiger partial charge in [-0.1, -0.05) is 212 Å². The molecule has 0 aromatic rings. The third-order valence-electron chi connectivity index (χ3n) is 11.0. The number of hydrogen-bond acceptors (Lipinski definition) is 8. The van der Waals surface area contributed by atoms with Gasteiger partial charge in [0.2, 0.25) is 0 Å². The number of phosphoric ester groups is 1. The third kappa shape index (κ3) is 55.3. The van der Waals surface area contributed by atoms with E-state index in [0.717, 1.165) is 116 Å². The number of carbonyl (C=O) groups is 2. The van der Waals surface area contributed by atoms with Gasteiger partial charge in [-0.2, -0.15) is 0 Å². The molecule has 402 valence electrons. The van der Waals surface area contributed by atoms with Gasteiger partial charge in [-0.3, -0.25) is 18.6 Å². The molecule has 0 spiro atoms. The molecule has 0 aliphatic rings. The molecule has 0 bridgehead atoms. The predicted molar refractivity (Wildman–Crippen MR) is 302 cm³/mol. The summed E-state index contributed by atoms with van der Waals surface area (Å²) < 4.78 is 32.9. The van der Waals surface area contributed by atoms with E-state index in [4.69, 9.17) is 24.3 Å². The van der Waals surface area contributed by atoms with Gasteiger partial charge in [0.1, 0.15) is 6.61 Å². The molecule has 10 heteroatoms. The maximum absolute atomic E-state index is 12.7. The number of rotatable bonds is 50. The standard InChI is InChI=1S/C61H100NO8P/c1-3-5-7-9-11-13-15-17-19-21-23-24-25-26-27-28-29-30-31-32-33-34-36-38-40-42-44-46-48-50-52-54-61(64)70-59(58-69-71(65,66)68-56-55-62)57-67-60(63)53-51-49-47-45-43-41-39-37-35-22-20-18-16-14-12-10-8-6-4-2/h5,7,11-14,17-20,23-24,26-27,29-30,32-33,36,38,42,44,59H,3-4,6,8-10,15-16,21-22,25,28,31,34-35,37,39-41,43,45-58,62H2,1-2H3,(H,65,66)/b7-5-,13-11-,14-12-,19-17-,20-18-,24-23-,27-26-,30-29-,33-32-,38-36-,44-42-. The minimum Gasteiger partial charge on any atom is -0.462 e. The van der Waals surface area contributed by atoms with E-state index in [9.17, 15) is 19.0 Å². The van der Waals surface area contributed by atoms with Gasteiger partial charge in [-0.15, -0.1) is 0 Å². The van der Waals surface area contributed by atoms with Crippen molar-refractivity contribution in [1.29, 1.82) is 0 Å². The molecule has 0 aliphatic heterocycles. The summed E-state index contributed by atoms with van der Waals surface area (Å²) in [6, 6.07) is 0. The van der Waals surface area contributed by atoms with Gasteiger partial charge in [0.05, 0.1) is 13.2 Å². The molecule has 0 aromatic carbocycles. The second-order valence-corrected chi connectivity index (χ2v) is 19.2. The maximum atomic E-state index is 12.7. The molecular weight excluding hydrogens is 906 g/mol. The highest BCUT2D eigenvalue weighted by molar-refractivity contribution is 7.47. The van der Waals surface area contributed by atoms with E-state index >= 15 is 0 Å². The number of unbranched alkanes of at least 4 members (excludes halogenated alkanes) is 15. The van der Waals surface area contributed by atoms with Gasteiger partial charge in [-0.25, -0.2) is 4.57 Å². The monoisotopic (exact) mass is 1010 g/mol. The van der Waals surface area contributed by atoms with Crippen molar-refractivity contribution in [3.05, 3.63) is 134 Å². The highest BCUT2D eigenvalue weighted by atomic mass is 31.2. The van der Waals surface area contributed by atoms with Crippen molar-refractivity contribution in [3.63, 3.8) is 0 Å². The van der Waals surface area contributed by atoms with Crippen LogP contribution in [-0.4, -0.2) is 49.3 Å². The highest BCUT2D eigenvalue weighted by Gasteiger charge is 2.26. The molecule has 71 heavy (non-hydrogen) atoms. The van der Waals surface area contributed by atoms with Gasteiger partial charge < -0.3 is 20.1 Å². The highest BCUT2D eigenvalue weighted by Crippen LogP contribution is 2.43. The van der Waals surface area contributed by atoms with Gasteiger partial charge in [0.15, 0.2) is 6.10 Å². The largest absolute Gasteiger partial charge is 0.472 e. The molecule has 3 N–H and O–H groups in total. The molecule has 0 aliphatic carbocycles. The van der Waals surface area contributed by atoms with Crippen LogP contribution >= 0.6 is 7.82 Å². The number of phosphoric acid groups is 1. The van der Waals surface area contributed by atoms with Crippen molar-refractivity contribution < 1.29 is 37.6 Å². The smallest absolute Gasteiger partial charge is 0.462 e. The Bertz CT molecular complexity index is 1620. The number of esters is 2. The summed E-state index contributed by atoms with van der Waals surface area (Å²) in [6.07, 6.45) is 77.8. The SMILES string of the molecule is CC/C=C\C/C=C\C/C=C\C/C=C\C/C=C\C/C=C\C/C=C\C/C=C\C/C=C\CCCCCC(=O)OC(COC(=O)CCCCCCCCCCC/C=C\C/C=C\CCCCC)COP(=O)(O)OCCN. The van der Waals surface area contributed by atoms with Gasteiger partial charge in [0, 0.05) is 19.4 Å². The van der Waals surface area contributed by atoms with Crippen molar-refractivity contribution in [3.8, 4) is 0 Å². The van der Waals surface area contributed by atoms with E-state index in [1.54, 1.807) is 0 Å². The summed E-state index contributed by atoms with van der Waals surface area (Å²) in [5, 5.41) is 0. The summed E-state index contributed by atoms with van der Waals surface area (Å²) in [5.74, 6) is -0.881. The molecular formula is C61H100NO8P. The van der Waals surface area contributed by atoms with Crippen molar-refractivity contribution in [2.24, 2.45) is 5.73 Å². The van der Waals surface area contributed by atoms with Crippen LogP contribution in [-0.2, 0) is 32.7 Å². The predicted octanol–water partition coefficient (Wildman–Crippen LogP) is 17.4. The zero-order valence-corrected chi connectivity index (χ0v) is 45.5. The number of carbonyl (C=O) groups excluding carboxylic acids is 2. The van der Waals surface area contributed by atoms with Crippen molar-refractivity contribution >= 4 is 19.8 Å². The average molecular weight is 1010 g/mol. The molecule has 2 atom stereocenters. The fraction of sp³-hybridized carbons (Fsp3) is 0.607. The van der Waals surface area contributed by atoms with Crippen LogP contribution in [0.4, 0.5) is 0 Å². The Kier molecular flexibility index (Phi) is 52.5. The fourth-order valence-electron chi connectivity index (χ4n) is 6.95. The maximum Gasteiger partial charge on any atom is 0.472 e. The van der Waals surface area contributed by atoms with E-state index in [1.165, 1.54) is 57.8 Å². The van der Waals surface area contributed by atoms with Gasteiger partial charge in [-0.05, 0) is 116 Å². The first kappa shape index (κ1) is 67.1. The Morgan fingerprint density at radius 3 is 1.17 bits per heavy atom. The van der Waals surface area contributed by atoms with E-state index in [2.05, 4.69) is 148 Å². The Hall–Kier alpha value is -3.85. The number of ether oxygens (including phenoxy) is 2. The molecule has 2 unspecified atom stereocenters. The lowest BCUT2D eigenvalue weighted by molar-refractivity contribution is -0.161. The molecule has 0 amide bonds. The molecule has 0 radical (unpaired) electrons. The van der Waals surface area contributed by atoms with Crippen LogP contribution in [0.3, 0.4) is 0 Å². The summed E-state index contributed by atoms with van der Waals surface area (Å²) in [6.45, 7) is 3.54. The van der Waals surface area contributed by atoms with Crippen LogP contribution in [0.25, 0.3) is 0 Å². The molecule has 9 nitrogen and oxygen atoms in total. The van der Waals surface area contributed by atoms with E-state index in [1.807, 2.05) is 0 Å². The Morgan fingerprint density at radius 2 is 0.775 bits per heavy atom. The van der Waals surface area contributed by atoms with E-state index < -0.39 is 32.5 Å². The summed E-state index contributed by atoms with van der Waals surface area (Å²) >= 11 is 0. The lowest BCUT2D eigenvalue weighted by Crippen LogP contribution is -2.29. The minimum absolute atomic E-state index is 0.0395. The molecule has 0 aromatic heterocycles. The minimum atomic E-state index is -4.41. The van der Waals surface area contributed by atoms with Crippen LogP contribution in [0.15, 0.2) is 134 Å². The lowest BCUT2D eigenvalue weighted by atomic mass is 10.1. The third-order valence-corrected chi connectivity index (χ3v) is 12.0. The first-order valence-corrected chi connectivity index (χ1v) is 29.2. The van der Waals surface area contributed by atoms with Crippen LogP contribution in [0.2, 0.25) is 0 Å². The number of hydrogen-bond donors (Lipinski definition) is 2. The molecule has 0 fully saturated rings. The molecule has 0 heterocycles. The van der Waals surface area contributed by atoms with Crippen molar-refractivity contribution in [1.82, 2.24) is 0 Å². The second-order valence-electron chi connectivity index (χ2n) is 17.7. The molecule has 0 rings (SSSR count). The zero-order chi connectivity index (χ0) is 51.7. The normalized spacial score (nSPS) is 14.1. The van der Waals surface area contributed by atoms with Crippen LogP contribution in [0.5, 0.6) is 0 Å². The summed E-state index contributed by atoms with van der Waals surface area (Å²) in [4.78, 5) is 35.1. The van der Waals surface area contributed by atoms with Gasteiger partial charge >= 0.3 is 19.8 Å². The van der Waals surface area contributed by atoms with Crippen LogP contribution in [0.1, 0.15) is 206 Å². The van der Waals surface area contributed by atoms with Crippen molar-refractivity contribution in [2.45, 2.75) is 213 Å². The van der Waals surface area contributed by atoms with E-state index in [-0.39, 0.29) is 32.6 Å². The second kappa shape index (κ2) is 55.5. The Morgan fingerprint density at radius 1 is 0.437 bits per heavy atom. The molecule has 0 saturated heterocycles. The first-order chi connectivity index (χ1) is 34.8. The average Bonchev–Trinajstić information content (AvgIpc) is 3.36. The Balaban J connectivity index is 4.15.